The molecule has 0 aliphatic heterocycles. The van der Waals surface area contributed by atoms with Gasteiger partial charge < -0.3 is 5.32 Å². The van der Waals surface area contributed by atoms with Crippen molar-refractivity contribution in [3.05, 3.63) is 65.0 Å². The zero-order valence-electron chi connectivity index (χ0n) is 13.1. The molecule has 3 nitrogen and oxygen atoms in total. The number of nitrogens with one attached hydrogen (secondary N) is 1. The molecule has 116 valence electrons. The summed E-state index contributed by atoms with van der Waals surface area (Å²) in [7, 11) is 0. The van der Waals surface area contributed by atoms with Crippen LogP contribution in [0.5, 0.6) is 0 Å². The van der Waals surface area contributed by atoms with Crippen molar-refractivity contribution >= 4 is 17.7 Å². The highest BCUT2D eigenvalue weighted by atomic mass is 32.2. The summed E-state index contributed by atoms with van der Waals surface area (Å²) in [4.78, 5) is 15.9. The van der Waals surface area contributed by atoms with Gasteiger partial charge in [0.1, 0.15) is 0 Å². The molecule has 22 heavy (non-hydrogen) atoms. The number of thioether (sulfide) groups is 1. The number of carbonyl (C=O) groups is 1. The highest BCUT2D eigenvalue weighted by Gasteiger charge is 2.03. The molecule has 2 aromatic rings. The van der Waals surface area contributed by atoms with Gasteiger partial charge in [0.2, 0.25) is 5.91 Å². The molecule has 0 saturated carbocycles. The smallest absolute Gasteiger partial charge is 0.230 e. The highest BCUT2D eigenvalue weighted by molar-refractivity contribution is 7.99. The lowest BCUT2D eigenvalue weighted by molar-refractivity contribution is -0.118. The standard InChI is InChI=1S/C18H22N2OS/c1-14-5-6-17(15(2)10-14)7-9-20-18(21)13-22-12-16-4-3-8-19-11-16/h3-6,8,10-11H,7,9,12-13H2,1-2H3,(H,20,21). The molecule has 0 fully saturated rings. The first-order valence-corrected chi connectivity index (χ1v) is 8.60. The van der Waals surface area contributed by atoms with E-state index in [0.29, 0.717) is 12.3 Å². The van der Waals surface area contributed by atoms with Gasteiger partial charge in [0.05, 0.1) is 5.75 Å². The predicted molar refractivity (Wildman–Crippen MR) is 93.0 cm³/mol. The zero-order valence-corrected chi connectivity index (χ0v) is 14.0. The van der Waals surface area contributed by atoms with Crippen LogP contribution in [0.25, 0.3) is 0 Å². The summed E-state index contributed by atoms with van der Waals surface area (Å²) in [5.74, 6) is 1.40. The molecule has 0 aliphatic carbocycles. The molecule has 0 saturated heterocycles. The van der Waals surface area contributed by atoms with E-state index >= 15 is 0 Å². The lowest BCUT2D eigenvalue weighted by Crippen LogP contribution is -2.27. The van der Waals surface area contributed by atoms with Crippen LogP contribution in [0.3, 0.4) is 0 Å². The van der Waals surface area contributed by atoms with Gasteiger partial charge in [-0.3, -0.25) is 9.78 Å². The van der Waals surface area contributed by atoms with E-state index in [1.54, 1.807) is 18.0 Å². The Morgan fingerprint density at radius 1 is 1.27 bits per heavy atom. The summed E-state index contributed by atoms with van der Waals surface area (Å²) in [6.07, 6.45) is 4.48. The Kier molecular flexibility index (Phi) is 6.46. The Bertz CT molecular complexity index is 614. The van der Waals surface area contributed by atoms with Crippen molar-refractivity contribution in [3.63, 3.8) is 0 Å². The molecule has 0 radical (unpaired) electrons. The molecular formula is C18H22N2OS. The summed E-state index contributed by atoms with van der Waals surface area (Å²) in [6, 6.07) is 10.4. The molecule has 1 aromatic heterocycles. The Balaban J connectivity index is 1.65. The van der Waals surface area contributed by atoms with Crippen molar-refractivity contribution in [3.8, 4) is 0 Å². The molecule has 0 aliphatic rings. The number of benzene rings is 1. The molecule has 4 heteroatoms. The third-order valence-corrected chi connectivity index (χ3v) is 4.44. The number of carbonyl (C=O) groups excluding carboxylic acids is 1. The van der Waals surface area contributed by atoms with Crippen molar-refractivity contribution in [1.82, 2.24) is 10.3 Å². The highest BCUT2D eigenvalue weighted by Crippen LogP contribution is 2.11. The molecule has 0 atom stereocenters. The van der Waals surface area contributed by atoms with Gasteiger partial charge in [-0.15, -0.1) is 11.8 Å². The van der Waals surface area contributed by atoms with E-state index in [-0.39, 0.29) is 5.91 Å². The maximum absolute atomic E-state index is 11.8. The summed E-state index contributed by atoms with van der Waals surface area (Å²) < 4.78 is 0. The van der Waals surface area contributed by atoms with Gasteiger partial charge in [-0.05, 0) is 43.0 Å². The fourth-order valence-corrected chi connectivity index (χ4v) is 3.05. The average Bonchev–Trinajstić information content (AvgIpc) is 2.50. The van der Waals surface area contributed by atoms with E-state index < -0.39 is 0 Å². The predicted octanol–water partition coefficient (Wildman–Crippen LogP) is 3.29. The lowest BCUT2D eigenvalue weighted by atomic mass is 10.0. The fourth-order valence-electron chi connectivity index (χ4n) is 2.26. The first-order valence-electron chi connectivity index (χ1n) is 7.44. The van der Waals surface area contributed by atoms with Crippen LogP contribution in [0, 0.1) is 13.8 Å². The SMILES string of the molecule is Cc1ccc(CCNC(=O)CSCc2cccnc2)c(C)c1. The fraction of sp³-hybridized carbons (Fsp3) is 0.333. The van der Waals surface area contributed by atoms with Crippen LogP contribution in [0.4, 0.5) is 0 Å². The van der Waals surface area contributed by atoms with Crippen molar-refractivity contribution in [2.24, 2.45) is 0 Å². The van der Waals surface area contributed by atoms with Gasteiger partial charge in [0, 0.05) is 24.7 Å². The van der Waals surface area contributed by atoms with Crippen LogP contribution in [-0.2, 0) is 17.0 Å². The monoisotopic (exact) mass is 314 g/mol. The summed E-state index contributed by atoms with van der Waals surface area (Å²) in [5.41, 5.74) is 5.02. The molecular weight excluding hydrogens is 292 g/mol. The molecule has 1 heterocycles. The summed E-state index contributed by atoms with van der Waals surface area (Å²) in [5, 5.41) is 2.98. The van der Waals surface area contributed by atoms with Crippen molar-refractivity contribution in [2.45, 2.75) is 26.0 Å². The van der Waals surface area contributed by atoms with Crippen LogP contribution < -0.4 is 5.32 Å². The van der Waals surface area contributed by atoms with Gasteiger partial charge in [0.15, 0.2) is 0 Å². The van der Waals surface area contributed by atoms with Crippen LogP contribution in [0.2, 0.25) is 0 Å². The number of rotatable bonds is 7. The topological polar surface area (TPSA) is 42.0 Å². The molecule has 1 N–H and O–H groups in total. The Labute approximate surface area is 136 Å². The van der Waals surface area contributed by atoms with Crippen LogP contribution in [-0.4, -0.2) is 23.2 Å². The van der Waals surface area contributed by atoms with E-state index in [4.69, 9.17) is 0 Å². The largest absolute Gasteiger partial charge is 0.355 e. The van der Waals surface area contributed by atoms with Crippen molar-refractivity contribution in [1.29, 1.82) is 0 Å². The van der Waals surface area contributed by atoms with Crippen LogP contribution in [0.1, 0.15) is 22.3 Å². The first-order chi connectivity index (χ1) is 10.6. The number of hydrogen-bond donors (Lipinski definition) is 1. The summed E-state index contributed by atoms with van der Waals surface area (Å²) >= 11 is 1.61. The second-order valence-electron chi connectivity index (χ2n) is 5.38. The lowest BCUT2D eigenvalue weighted by Gasteiger charge is -2.08. The van der Waals surface area contributed by atoms with Crippen LogP contribution >= 0.6 is 11.8 Å². The number of pyridine rings is 1. The molecule has 0 unspecified atom stereocenters. The maximum atomic E-state index is 11.8. The second kappa shape index (κ2) is 8.59. The molecule has 0 bridgehead atoms. The van der Waals surface area contributed by atoms with Crippen molar-refractivity contribution < 1.29 is 4.79 Å². The number of hydrogen-bond acceptors (Lipinski definition) is 3. The van der Waals surface area contributed by atoms with E-state index in [1.807, 2.05) is 18.3 Å². The molecule has 1 aromatic carbocycles. The third kappa shape index (κ3) is 5.53. The third-order valence-electron chi connectivity index (χ3n) is 3.44. The number of aromatic nitrogens is 1. The minimum absolute atomic E-state index is 0.0960. The van der Waals surface area contributed by atoms with E-state index in [2.05, 4.69) is 42.3 Å². The average molecular weight is 314 g/mol. The number of nitrogens with zero attached hydrogens (tertiary/aromatic N) is 1. The Hall–Kier alpha value is -1.81. The van der Waals surface area contributed by atoms with E-state index in [9.17, 15) is 4.79 Å². The second-order valence-corrected chi connectivity index (χ2v) is 6.37. The first kappa shape index (κ1) is 16.6. The zero-order chi connectivity index (χ0) is 15.8. The normalized spacial score (nSPS) is 10.5. The van der Waals surface area contributed by atoms with Crippen molar-refractivity contribution in [2.75, 3.05) is 12.3 Å². The van der Waals surface area contributed by atoms with Gasteiger partial charge in [-0.25, -0.2) is 0 Å². The Morgan fingerprint density at radius 3 is 2.86 bits per heavy atom. The maximum Gasteiger partial charge on any atom is 0.230 e. The molecule has 1 amide bonds. The van der Waals surface area contributed by atoms with Gasteiger partial charge in [0.25, 0.3) is 0 Å². The van der Waals surface area contributed by atoms with E-state index in [1.165, 1.54) is 16.7 Å². The minimum atomic E-state index is 0.0960. The van der Waals surface area contributed by atoms with Crippen LogP contribution in [0.15, 0.2) is 42.7 Å². The van der Waals surface area contributed by atoms with Gasteiger partial charge in [-0.2, -0.15) is 0 Å². The Morgan fingerprint density at radius 2 is 2.14 bits per heavy atom. The minimum Gasteiger partial charge on any atom is -0.355 e. The molecule has 2 rings (SSSR count). The molecule has 0 spiro atoms. The van der Waals surface area contributed by atoms with E-state index in [0.717, 1.165) is 17.7 Å². The van der Waals surface area contributed by atoms with Gasteiger partial charge >= 0.3 is 0 Å². The number of amides is 1. The number of aryl methyl sites for hydroxylation is 2. The quantitative estimate of drug-likeness (QED) is 0.852. The summed E-state index contributed by atoms with van der Waals surface area (Å²) in [6.45, 7) is 4.90. The van der Waals surface area contributed by atoms with Gasteiger partial charge in [-0.1, -0.05) is 29.8 Å².